The molecule has 1 atom stereocenters. The Hall–Kier alpha value is -3.32. The fraction of sp³-hybridized carbons (Fsp3) is 0.360. The van der Waals surface area contributed by atoms with Crippen molar-refractivity contribution < 1.29 is 24.2 Å². The van der Waals surface area contributed by atoms with Crippen LogP contribution in [-0.2, 0) is 9.59 Å². The van der Waals surface area contributed by atoms with E-state index in [2.05, 4.69) is 0 Å². The topological polar surface area (TPSA) is 79.3 Å². The molecule has 2 aromatic carbocycles. The number of Topliss-reactive ketones (excluding diaryl/α,β-unsaturated/α-hetero) is 1. The van der Waals surface area contributed by atoms with Crippen LogP contribution in [0.4, 0.5) is 0 Å². The lowest BCUT2D eigenvalue weighted by Crippen LogP contribution is -2.32. The van der Waals surface area contributed by atoms with Gasteiger partial charge in [-0.05, 0) is 63.8 Å². The molecule has 1 fully saturated rings. The number of methoxy groups -OCH3 is 2. The first-order valence-corrected chi connectivity index (χ1v) is 10.5. The number of hydrogen-bond donors (Lipinski definition) is 1. The van der Waals surface area contributed by atoms with E-state index in [4.69, 9.17) is 9.47 Å². The molecule has 0 radical (unpaired) electrons. The molecule has 3 rings (SSSR count). The zero-order chi connectivity index (χ0) is 23.4. The van der Waals surface area contributed by atoms with Gasteiger partial charge >= 0.3 is 0 Å². The molecule has 2 aromatic rings. The summed E-state index contributed by atoms with van der Waals surface area (Å²) >= 11 is 0. The highest BCUT2D eigenvalue weighted by Gasteiger charge is 2.46. The van der Waals surface area contributed by atoms with Gasteiger partial charge < -0.3 is 24.4 Å². The molecule has 170 valence electrons. The van der Waals surface area contributed by atoms with Crippen LogP contribution < -0.4 is 9.47 Å². The number of rotatable bonds is 8. The average Bonchev–Trinajstić information content (AvgIpc) is 3.03. The summed E-state index contributed by atoms with van der Waals surface area (Å²) in [5.41, 5.74) is 1.99. The minimum atomic E-state index is -0.740. The molecule has 7 nitrogen and oxygen atoms in total. The Morgan fingerprint density at radius 3 is 2.38 bits per heavy atom. The number of ether oxygens (including phenoxy) is 2. The third-order valence-electron chi connectivity index (χ3n) is 5.65. The minimum Gasteiger partial charge on any atom is -0.507 e. The van der Waals surface area contributed by atoms with Crippen LogP contribution in [0.3, 0.4) is 0 Å². The standard InChI is InChI=1S/C25H30N2O5/c1-16-15-17(11-12-19(16)31-4)23(28)21-22(18-9-6-7-10-20(18)32-5)27(25(30)24(21)29)14-8-13-26(2)3/h6-7,9-12,15,22,28H,8,13-14H2,1-5H3. The van der Waals surface area contributed by atoms with Gasteiger partial charge in [-0.15, -0.1) is 0 Å². The third kappa shape index (κ3) is 4.48. The monoisotopic (exact) mass is 438 g/mol. The number of likely N-dealkylation sites (tertiary alicyclic amines) is 1. The maximum absolute atomic E-state index is 13.1. The van der Waals surface area contributed by atoms with Crippen molar-refractivity contribution in [3.8, 4) is 11.5 Å². The predicted molar refractivity (Wildman–Crippen MR) is 123 cm³/mol. The first kappa shape index (κ1) is 23.3. The quantitative estimate of drug-likeness (QED) is 0.387. The van der Waals surface area contributed by atoms with Gasteiger partial charge in [0, 0.05) is 17.7 Å². The highest BCUT2D eigenvalue weighted by Crippen LogP contribution is 2.42. The predicted octanol–water partition coefficient (Wildman–Crippen LogP) is 3.39. The van der Waals surface area contributed by atoms with E-state index in [9.17, 15) is 14.7 Å². The average molecular weight is 439 g/mol. The van der Waals surface area contributed by atoms with Crippen molar-refractivity contribution in [2.75, 3.05) is 41.4 Å². The van der Waals surface area contributed by atoms with E-state index in [1.54, 1.807) is 38.5 Å². The van der Waals surface area contributed by atoms with E-state index in [1.807, 2.05) is 44.1 Å². The van der Waals surface area contributed by atoms with Crippen LogP contribution in [0, 0.1) is 6.92 Å². The summed E-state index contributed by atoms with van der Waals surface area (Å²) in [4.78, 5) is 29.7. The summed E-state index contributed by atoms with van der Waals surface area (Å²) in [5, 5.41) is 11.2. The van der Waals surface area contributed by atoms with Gasteiger partial charge in [-0.1, -0.05) is 18.2 Å². The van der Waals surface area contributed by atoms with Crippen molar-refractivity contribution in [1.29, 1.82) is 0 Å². The van der Waals surface area contributed by atoms with Gasteiger partial charge in [-0.25, -0.2) is 0 Å². The minimum absolute atomic E-state index is 0.0638. The van der Waals surface area contributed by atoms with Crippen LogP contribution in [0.15, 0.2) is 48.0 Å². The lowest BCUT2D eigenvalue weighted by molar-refractivity contribution is -0.140. The Morgan fingerprint density at radius 1 is 1.06 bits per heavy atom. The fourth-order valence-electron chi connectivity index (χ4n) is 4.06. The number of carbonyl (C=O) groups is 2. The van der Waals surface area contributed by atoms with E-state index in [-0.39, 0.29) is 11.3 Å². The highest BCUT2D eigenvalue weighted by molar-refractivity contribution is 6.46. The lowest BCUT2D eigenvalue weighted by Gasteiger charge is -2.27. The second-order valence-electron chi connectivity index (χ2n) is 8.08. The molecule has 1 N–H and O–H groups in total. The number of nitrogens with zero attached hydrogens (tertiary/aromatic N) is 2. The van der Waals surface area contributed by atoms with Gasteiger partial charge in [-0.3, -0.25) is 9.59 Å². The smallest absolute Gasteiger partial charge is 0.295 e. The molecule has 7 heteroatoms. The third-order valence-corrected chi connectivity index (χ3v) is 5.65. The Balaban J connectivity index is 2.15. The zero-order valence-corrected chi connectivity index (χ0v) is 19.2. The molecule has 1 saturated heterocycles. The van der Waals surface area contributed by atoms with E-state index in [0.29, 0.717) is 35.6 Å². The molecule has 1 aliphatic rings. The van der Waals surface area contributed by atoms with Gasteiger partial charge in [-0.2, -0.15) is 0 Å². The van der Waals surface area contributed by atoms with Crippen molar-refractivity contribution in [3.05, 3.63) is 64.7 Å². The number of hydrogen-bond acceptors (Lipinski definition) is 6. The SMILES string of the molecule is COc1ccc(C(O)=C2C(=O)C(=O)N(CCCN(C)C)C2c2ccccc2OC)cc1C. The largest absolute Gasteiger partial charge is 0.507 e. The molecule has 1 heterocycles. The van der Waals surface area contributed by atoms with Crippen molar-refractivity contribution in [3.63, 3.8) is 0 Å². The Kier molecular flexibility index (Phi) is 7.20. The highest BCUT2D eigenvalue weighted by atomic mass is 16.5. The van der Waals surface area contributed by atoms with Gasteiger partial charge in [0.25, 0.3) is 11.7 Å². The van der Waals surface area contributed by atoms with E-state index in [1.165, 1.54) is 4.90 Å². The Labute approximate surface area is 188 Å². The van der Waals surface area contributed by atoms with Gasteiger partial charge in [0.2, 0.25) is 0 Å². The molecular weight excluding hydrogens is 408 g/mol. The summed E-state index contributed by atoms with van der Waals surface area (Å²) < 4.78 is 10.8. The van der Waals surface area contributed by atoms with Crippen LogP contribution in [-0.4, -0.2) is 68.0 Å². The second kappa shape index (κ2) is 9.87. The number of carbonyl (C=O) groups excluding carboxylic acids is 2. The number of aryl methyl sites for hydroxylation is 1. The number of ketones is 1. The number of amides is 1. The van der Waals surface area contributed by atoms with Crippen LogP contribution in [0.1, 0.15) is 29.2 Å². The summed E-state index contributed by atoms with van der Waals surface area (Å²) in [6, 6.07) is 11.7. The Morgan fingerprint density at radius 2 is 1.75 bits per heavy atom. The normalized spacial score (nSPS) is 17.8. The molecule has 0 bridgehead atoms. The summed E-state index contributed by atoms with van der Waals surface area (Å²) in [6.45, 7) is 3.00. The summed E-state index contributed by atoms with van der Waals surface area (Å²) in [5.74, 6) is -0.302. The van der Waals surface area contributed by atoms with Crippen molar-refractivity contribution >= 4 is 17.4 Å². The van der Waals surface area contributed by atoms with E-state index in [0.717, 1.165) is 12.1 Å². The number of aliphatic hydroxyl groups excluding tert-OH is 1. The first-order chi connectivity index (χ1) is 15.3. The van der Waals surface area contributed by atoms with Crippen molar-refractivity contribution in [1.82, 2.24) is 9.80 Å². The molecule has 0 aliphatic carbocycles. The maximum Gasteiger partial charge on any atom is 0.295 e. The van der Waals surface area contributed by atoms with Gasteiger partial charge in [0.15, 0.2) is 0 Å². The fourth-order valence-corrected chi connectivity index (χ4v) is 4.06. The summed E-state index contributed by atoms with van der Waals surface area (Å²) in [7, 11) is 7.03. The van der Waals surface area contributed by atoms with Gasteiger partial charge in [0.1, 0.15) is 17.3 Å². The molecule has 0 saturated carbocycles. The molecule has 0 spiro atoms. The summed E-state index contributed by atoms with van der Waals surface area (Å²) in [6.07, 6.45) is 0.688. The molecule has 1 amide bonds. The van der Waals surface area contributed by atoms with E-state index < -0.39 is 17.7 Å². The molecular formula is C25H30N2O5. The number of benzene rings is 2. The van der Waals surface area contributed by atoms with Crippen molar-refractivity contribution in [2.24, 2.45) is 0 Å². The first-order valence-electron chi connectivity index (χ1n) is 10.5. The van der Waals surface area contributed by atoms with Crippen LogP contribution in [0.5, 0.6) is 11.5 Å². The van der Waals surface area contributed by atoms with Gasteiger partial charge in [0.05, 0.1) is 25.8 Å². The maximum atomic E-state index is 13.1. The zero-order valence-electron chi connectivity index (χ0n) is 19.2. The van der Waals surface area contributed by atoms with Crippen molar-refractivity contribution in [2.45, 2.75) is 19.4 Å². The van der Waals surface area contributed by atoms with E-state index >= 15 is 0 Å². The molecule has 1 unspecified atom stereocenters. The van der Waals surface area contributed by atoms with Crippen LogP contribution >= 0.6 is 0 Å². The van der Waals surface area contributed by atoms with Crippen LogP contribution in [0.25, 0.3) is 5.76 Å². The Bertz CT molecular complexity index is 1040. The number of para-hydroxylation sites is 1. The number of aliphatic hydroxyl groups is 1. The lowest BCUT2D eigenvalue weighted by atomic mass is 9.94. The molecule has 1 aliphatic heterocycles. The van der Waals surface area contributed by atoms with Crippen LogP contribution in [0.2, 0.25) is 0 Å². The second-order valence-corrected chi connectivity index (χ2v) is 8.08. The molecule has 32 heavy (non-hydrogen) atoms. The molecule has 0 aromatic heterocycles.